The Hall–Kier alpha value is -1.62. The van der Waals surface area contributed by atoms with Crippen LogP contribution in [0.25, 0.3) is 0 Å². The highest BCUT2D eigenvalue weighted by molar-refractivity contribution is 14.0. The van der Waals surface area contributed by atoms with E-state index in [9.17, 15) is 9.18 Å². The fraction of sp³-hybridized carbons (Fsp3) is 0.636. The molecule has 176 valence electrons. The highest BCUT2D eigenvalue weighted by Gasteiger charge is 2.20. The third-order valence-corrected chi connectivity index (χ3v) is 4.93. The second kappa shape index (κ2) is 13.7. The summed E-state index contributed by atoms with van der Waals surface area (Å²) in [6.45, 7) is 9.94. The molecule has 1 heterocycles. The van der Waals surface area contributed by atoms with Gasteiger partial charge in [0.05, 0.1) is 0 Å². The summed E-state index contributed by atoms with van der Waals surface area (Å²) in [5.74, 6) is 1.15. The molecule has 1 aromatic carbocycles. The molecule has 0 aromatic heterocycles. The Morgan fingerprint density at radius 2 is 1.81 bits per heavy atom. The first-order chi connectivity index (χ1) is 14.3. The van der Waals surface area contributed by atoms with Crippen LogP contribution >= 0.6 is 24.0 Å². The molecule has 0 aliphatic carbocycles. The summed E-state index contributed by atoms with van der Waals surface area (Å²) in [5.41, 5.74) is 0.263. The van der Waals surface area contributed by atoms with Gasteiger partial charge < -0.3 is 20.7 Å². The average Bonchev–Trinajstić information content (AvgIpc) is 2.69. The Morgan fingerprint density at radius 1 is 1.16 bits per heavy atom. The lowest BCUT2D eigenvalue weighted by Gasteiger charge is -2.32. The Morgan fingerprint density at radius 3 is 2.42 bits per heavy atom. The number of guanidine groups is 1. The van der Waals surface area contributed by atoms with Gasteiger partial charge >= 0.3 is 6.09 Å². The number of alkyl carbamates (subject to hydrolysis) is 1. The van der Waals surface area contributed by atoms with Gasteiger partial charge in [-0.3, -0.25) is 9.89 Å². The van der Waals surface area contributed by atoms with E-state index in [1.54, 1.807) is 13.1 Å². The number of halogens is 2. The Bertz CT molecular complexity index is 703. The van der Waals surface area contributed by atoms with Crippen LogP contribution in [0.3, 0.4) is 0 Å². The highest BCUT2D eigenvalue weighted by atomic mass is 127. The molecular formula is C22H37FIN5O2. The molecular weight excluding hydrogens is 512 g/mol. The van der Waals surface area contributed by atoms with E-state index >= 15 is 0 Å². The maximum absolute atomic E-state index is 13.8. The summed E-state index contributed by atoms with van der Waals surface area (Å²) in [5, 5.41) is 9.26. The molecule has 0 unspecified atom stereocenters. The minimum absolute atomic E-state index is 0. The topological polar surface area (TPSA) is 78.0 Å². The van der Waals surface area contributed by atoms with Gasteiger partial charge in [-0.1, -0.05) is 18.2 Å². The van der Waals surface area contributed by atoms with E-state index in [4.69, 9.17) is 4.74 Å². The Balaban J connectivity index is 0.00000480. The zero-order chi connectivity index (χ0) is 22.0. The standard InChI is InChI=1S/C22H36FN5O2.HI/c1-22(2,3)30-21(29)26-12-11-25-20(24-4)27-15-17-9-13-28(14-10-17)16-18-7-5-6-8-19(18)23;/h5-8,17H,9-16H2,1-4H3,(H,26,29)(H2,24,25,27);1H. The van der Waals surface area contributed by atoms with Crippen LogP contribution in [0.5, 0.6) is 0 Å². The first-order valence-electron chi connectivity index (χ1n) is 10.6. The van der Waals surface area contributed by atoms with Gasteiger partial charge in [0, 0.05) is 38.8 Å². The summed E-state index contributed by atoms with van der Waals surface area (Å²) < 4.78 is 19.0. The van der Waals surface area contributed by atoms with E-state index in [1.807, 2.05) is 32.9 Å². The lowest BCUT2D eigenvalue weighted by Crippen LogP contribution is -2.45. The number of ether oxygens (including phenoxy) is 1. The van der Waals surface area contributed by atoms with Crippen LogP contribution in [0.4, 0.5) is 9.18 Å². The number of carbonyl (C=O) groups excluding carboxylic acids is 1. The number of piperidine rings is 1. The van der Waals surface area contributed by atoms with E-state index in [2.05, 4.69) is 25.8 Å². The van der Waals surface area contributed by atoms with Crippen LogP contribution in [0.1, 0.15) is 39.2 Å². The van der Waals surface area contributed by atoms with Crippen molar-refractivity contribution in [3.63, 3.8) is 0 Å². The number of carbonyl (C=O) groups is 1. The molecule has 3 N–H and O–H groups in total. The molecule has 1 aliphatic rings. The quantitative estimate of drug-likeness (QED) is 0.211. The number of benzene rings is 1. The lowest BCUT2D eigenvalue weighted by atomic mass is 9.96. The number of nitrogens with one attached hydrogen (secondary N) is 3. The highest BCUT2D eigenvalue weighted by Crippen LogP contribution is 2.19. The number of hydrogen-bond acceptors (Lipinski definition) is 4. The van der Waals surface area contributed by atoms with Crippen LogP contribution in [0.15, 0.2) is 29.3 Å². The van der Waals surface area contributed by atoms with Crippen LogP contribution in [0.2, 0.25) is 0 Å². The molecule has 1 aliphatic heterocycles. The first kappa shape index (κ1) is 27.4. The maximum atomic E-state index is 13.8. The largest absolute Gasteiger partial charge is 0.444 e. The predicted molar refractivity (Wildman–Crippen MR) is 133 cm³/mol. The summed E-state index contributed by atoms with van der Waals surface area (Å²) in [4.78, 5) is 18.2. The van der Waals surface area contributed by atoms with E-state index in [0.717, 1.165) is 44.0 Å². The zero-order valence-electron chi connectivity index (χ0n) is 19.0. The van der Waals surface area contributed by atoms with Gasteiger partial charge in [-0.05, 0) is 58.7 Å². The monoisotopic (exact) mass is 549 g/mol. The molecule has 31 heavy (non-hydrogen) atoms. The van der Waals surface area contributed by atoms with E-state index < -0.39 is 11.7 Å². The average molecular weight is 549 g/mol. The normalized spacial score (nSPS) is 15.7. The van der Waals surface area contributed by atoms with Crippen molar-refractivity contribution in [3.05, 3.63) is 35.6 Å². The summed E-state index contributed by atoms with van der Waals surface area (Å²) >= 11 is 0. The molecule has 0 atom stereocenters. The van der Waals surface area contributed by atoms with Gasteiger partial charge in [0.2, 0.25) is 0 Å². The Labute approximate surface area is 202 Å². The molecule has 1 amide bonds. The number of aliphatic imine (C=N–C) groups is 1. The van der Waals surface area contributed by atoms with Crippen LogP contribution in [-0.2, 0) is 11.3 Å². The third-order valence-electron chi connectivity index (χ3n) is 4.93. The molecule has 1 aromatic rings. The van der Waals surface area contributed by atoms with E-state index in [-0.39, 0.29) is 29.8 Å². The third kappa shape index (κ3) is 11.0. The van der Waals surface area contributed by atoms with Gasteiger partial charge in [-0.25, -0.2) is 9.18 Å². The minimum Gasteiger partial charge on any atom is -0.444 e. The van der Waals surface area contributed by atoms with Crippen molar-refractivity contribution >= 4 is 36.0 Å². The molecule has 1 saturated heterocycles. The van der Waals surface area contributed by atoms with Crippen molar-refractivity contribution in [2.45, 2.75) is 45.8 Å². The number of rotatable bonds is 7. The maximum Gasteiger partial charge on any atom is 0.407 e. The molecule has 0 bridgehead atoms. The van der Waals surface area contributed by atoms with Crippen molar-refractivity contribution in [1.29, 1.82) is 0 Å². The molecule has 9 heteroatoms. The molecule has 0 saturated carbocycles. The smallest absolute Gasteiger partial charge is 0.407 e. The molecule has 2 rings (SSSR count). The number of hydrogen-bond donors (Lipinski definition) is 3. The van der Waals surface area contributed by atoms with Crippen molar-refractivity contribution in [1.82, 2.24) is 20.9 Å². The second-order valence-electron chi connectivity index (χ2n) is 8.62. The summed E-state index contributed by atoms with van der Waals surface area (Å²) in [6.07, 6.45) is 1.71. The molecule has 7 nitrogen and oxygen atoms in total. The van der Waals surface area contributed by atoms with Crippen molar-refractivity contribution in [2.75, 3.05) is 39.8 Å². The SMILES string of the molecule is CN=C(NCCNC(=O)OC(C)(C)C)NCC1CCN(Cc2ccccc2F)CC1.I. The van der Waals surface area contributed by atoms with E-state index in [0.29, 0.717) is 25.6 Å². The lowest BCUT2D eigenvalue weighted by molar-refractivity contribution is 0.0529. The molecule has 1 fully saturated rings. The van der Waals surface area contributed by atoms with Crippen molar-refractivity contribution < 1.29 is 13.9 Å². The summed E-state index contributed by atoms with van der Waals surface area (Å²) in [6, 6.07) is 6.99. The van der Waals surface area contributed by atoms with Crippen LogP contribution in [-0.4, -0.2) is 62.3 Å². The molecule has 0 spiro atoms. The summed E-state index contributed by atoms with van der Waals surface area (Å²) in [7, 11) is 1.73. The predicted octanol–water partition coefficient (Wildman–Crippen LogP) is 3.35. The van der Waals surface area contributed by atoms with Crippen molar-refractivity contribution in [3.8, 4) is 0 Å². The van der Waals surface area contributed by atoms with Crippen molar-refractivity contribution in [2.24, 2.45) is 10.9 Å². The van der Waals surface area contributed by atoms with Gasteiger partial charge in [0.15, 0.2) is 5.96 Å². The number of amides is 1. The van der Waals surface area contributed by atoms with Gasteiger partial charge in [0.1, 0.15) is 11.4 Å². The van der Waals surface area contributed by atoms with Gasteiger partial charge in [-0.2, -0.15) is 0 Å². The number of likely N-dealkylation sites (tertiary alicyclic amines) is 1. The van der Waals surface area contributed by atoms with Crippen LogP contribution < -0.4 is 16.0 Å². The fourth-order valence-electron chi connectivity index (χ4n) is 3.34. The fourth-order valence-corrected chi connectivity index (χ4v) is 3.34. The minimum atomic E-state index is -0.500. The van der Waals surface area contributed by atoms with Crippen LogP contribution in [0, 0.1) is 11.7 Å². The second-order valence-corrected chi connectivity index (χ2v) is 8.62. The van der Waals surface area contributed by atoms with Gasteiger partial charge in [-0.15, -0.1) is 24.0 Å². The Kier molecular flexibility index (Phi) is 12.1. The van der Waals surface area contributed by atoms with Gasteiger partial charge in [0.25, 0.3) is 0 Å². The number of nitrogens with zero attached hydrogens (tertiary/aromatic N) is 2. The zero-order valence-corrected chi connectivity index (χ0v) is 21.4. The molecule has 0 radical (unpaired) electrons. The van der Waals surface area contributed by atoms with E-state index in [1.165, 1.54) is 6.07 Å². The first-order valence-corrected chi connectivity index (χ1v) is 10.6.